The topological polar surface area (TPSA) is 100 Å². The van der Waals surface area contributed by atoms with Crippen LogP contribution < -0.4 is 10.0 Å². The van der Waals surface area contributed by atoms with Crippen LogP contribution in [0.2, 0.25) is 0 Å². The minimum Gasteiger partial charge on any atom is -0.334 e. The van der Waals surface area contributed by atoms with Crippen molar-refractivity contribution in [3.63, 3.8) is 0 Å². The van der Waals surface area contributed by atoms with Crippen molar-refractivity contribution in [2.24, 2.45) is 0 Å². The summed E-state index contributed by atoms with van der Waals surface area (Å²) >= 11 is 0. The molecule has 1 aliphatic rings. The van der Waals surface area contributed by atoms with Gasteiger partial charge in [0, 0.05) is 30.9 Å². The fourth-order valence-electron chi connectivity index (χ4n) is 3.08. The Bertz CT molecular complexity index is 1030. The molecule has 1 aliphatic heterocycles. The summed E-state index contributed by atoms with van der Waals surface area (Å²) in [6, 6.07) is 15.2. The van der Waals surface area contributed by atoms with Gasteiger partial charge in [-0.1, -0.05) is 23.4 Å². The molecule has 2 aromatic carbocycles. The molecule has 2 heterocycles. The Balaban J connectivity index is 1.52. The molecule has 3 aromatic rings. The predicted octanol–water partition coefficient (Wildman–Crippen LogP) is 2.11. The Labute approximate surface area is 163 Å². The first-order valence-corrected chi connectivity index (χ1v) is 10.4. The van der Waals surface area contributed by atoms with Crippen LogP contribution in [-0.4, -0.2) is 50.1 Å². The standard InChI is InChI=1S/C19H21N5O3S/c1-24-12-11-20-13-17(24)18-21-19(27-22-18)14-7-9-16(10-8-14)28(25,26)23-15-5-3-2-4-6-15/h2-10,17,20,23H,11-13H2,1H3. The number of anilines is 1. The molecule has 1 aromatic heterocycles. The molecule has 0 radical (unpaired) electrons. The molecule has 1 fully saturated rings. The molecular formula is C19H21N5O3S. The zero-order valence-electron chi connectivity index (χ0n) is 15.4. The van der Waals surface area contributed by atoms with Crippen molar-refractivity contribution in [3.8, 4) is 11.5 Å². The number of likely N-dealkylation sites (N-methyl/N-ethyl adjacent to an activating group) is 1. The number of nitrogens with one attached hydrogen (secondary N) is 2. The molecule has 1 atom stereocenters. The summed E-state index contributed by atoms with van der Waals surface area (Å²) in [5, 5.41) is 7.42. The lowest BCUT2D eigenvalue weighted by atomic mass is 10.2. The van der Waals surface area contributed by atoms with Gasteiger partial charge in [0.05, 0.1) is 10.9 Å². The van der Waals surface area contributed by atoms with E-state index in [-0.39, 0.29) is 10.9 Å². The molecule has 2 N–H and O–H groups in total. The first-order chi connectivity index (χ1) is 13.5. The van der Waals surface area contributed by atoms with Gasteiger partial charge in [-0.25, -0.2) is 8.42 Å². The van der Waals surface area contributed by atoms with E-state index in [2.05, 4.69) is 25.1 Å². The second-order valence-electron chi connectivity index (χ2n) is 6.65. The van der Waals surface area contributed by atoms with Crippen LogP contribution in [0.25, 0.3) is 11.5 Å². The lowest BCUT2D eigenvalue weighted by Gasteiger charge is -2.30. The van der Waals surface area contributed by atoms with E-state index < -0.39 is 10.0 Å². The highest BCUT2D eigenvalue weighted by Gasteiger charge is 2.25. The summed E-state index contributed by atoms with van der Waals surface area (Å²) in [6.45, 7) is 2.61. The Morgan fingerprint density at radius 3 is 2.61 bits per heavy atom. The zero-order valence-corrected chi connectivity index (χ0v) is 16.2. The first-order valence-electron chi connectivity index (χ1n) is 8.96. The second-order valence-corrected chi connectivity index (χ2v) is 8.34. The molecule has 0 aliphatic carbocycles. The van der Waals surface area contributed by atoms with Crippen molar-refractivity contribution in [2.75, 3.05) is 31.4 Å². The summed E-state index contributed by atoms with van der Waals surface area (Å²) in [5.41, 5.74) is 1.18. The average Bonchev–Trinajstić information content (AvgIpc) is 3.19. The molecule has 9 heteroatoms. The molecule has 0 spiro atoms. The Hall–Kier alpha value is -2.75. The van der Waals surface area contributed by atoms with Gasteiger partial charge in [-0.15, -0.1) is 0 Å². The zero-order chi connectivity index (χ0) is 19.6. The van der Waals surface area contributed by atoms with E-state index in [9.17, 15) is 8.42 Å². The number of aromatic nitrogens is 2. The van der Waals surface area contributed by atoms with Crippen LogP contribution >= 0.6 is 0 Å². The van der Waals surface area contributed by atoms with Crippen LogP contribution in [0.5, 0.6) is 0 Å². The van der Waals surface area contributed by atoms with Gasteiger partial charge in [0.2, 0.25) is 0 Å². The maximum Gasteiger partial charge on any atom is 0.261 e. The summed E-state index contributed by atoms with van der Waals surface area (Å²) in [5.74, 6) is 0.987. The van der Waals surface area contributed by atoms with Gasteiger partial charge >= 0.3 is 0 Å². The number of para-hydroxylation sites is 1. The normalized spacial score (nSPS) is 18.1. The minimum atomic E-state index is -3.66. The highest BCUT2D eigenvalue weighted by atomic mass is 32.2. The largest absolute Gasteiger partial charge is 0.334 e. The number of nitrogens with zero attached hydrogens (tertiary/aromatic N) is 3. The summed E-state index contributed by atoms with van der Waals surface area (Å²) in [4.78, 5) is 6.83. The average molecular weight is 399 g/mol. The lowest BCUT2D eigenvalue weighted by Crippen LogP contribution is -2.44. The number of hydrogen-bond donors (Lipinski definition) is 2. The number of hydrogen-bond acceptors (Lipinski definition) is 7. The van der Waals surface area contributed by atoms with Gasteiger partial charge in [-0.3, -0.25) is 9.62 Å². The number of piperazine rings is 1. The Kier molecular flexibility index (Phi) is 5.12. The van der Waals surface area contributed by atoms with E-state index in [4.69, 9.17) is 4.52 Å². The van der Waals surface area contributed by atoms with E-state index in [0.29, 0.717) is 23.0 Å². The van der Waals surface area contributed by atoms with Crippen molar-refractivity contribution in [1.82, 2.24) is 20.4 Å². The van der Waals surface area contributed by atoms with Crippen molar-refractivity contribution in [2.45, 2.75) is 10.9 Å². The van der Waals surface area contributed by atoms with E-state index >= 15 is 0 Å². The summed E-state index contributed by atoms with van der Waals surface area (Å²) in [7, 11) is -1.63. The van der Waals surface area contributed by atoms with Gasteiger partial charge in [0.1, 0.15) is 0 Å². The van der Waals surface area contributed by atoms with Gasteiger partial charge in [-0.05, 0) is 43.4 Å². The van der Waals surface area contributed by atoms with E-state index in [1.165, 1.54) is 12.1 Å². The number of rotatable bonds is 5. The molecule has 1 saturated heterocycles. The van der Waals surface area contributed by atoms with Crippen LogP contribution in [0.1, 0.15) is 11.9 Å². The summed E-state index contributed by atoms with van der Waals surface area (Å²) in [6.07, 6.45) is 0. The fraction of sp³-hybridized carbons (Fsp3) is 0.263. The molecule has 28 heavy (non-hydrogen) atoms. The second kappa shape index (κ2) is 7.70. The van der Waals surface area contributed by atoms with Crippen LogP contribution in [0.3, 0.4) is 0 Å². The van der Waals surface area contributed by atoms with Crippen molar-refractivity contribution < 1.29 is 12.9 Å². The molecule has 8 nitrogen and oxygen atoms in total. The number of benzene rings is 2. The van der Waals surface area contributed by atoms with Crippen LogP contribution in [0.15, 0.2) is 64.0 Å². The maximum atomic E-state index is 12.5. The van der Waals surface area contributed by atoms with Gasteiger partial charge in [-0.2, -0.15) is 4.98 Å². The third kappa shape index (κ3) is 3.91. The highest BCUT2D eigenvalue weighted by Crippen LogP contribution is 2.24. The SMILES string of the molecule is CN1CCNCC1c1noc(-c2ccc(S(=O)(=O)Nc3ccccc3)cc2)n1. The third-order valence-electron chi connectivity index (χ3n) is 4.69. The van der Waals surface area contributed by atoms with Crippen LogP contribution in [0.4, 0.5) is 5.69 Å². The molecular weight excluding hydrogens is 378 g/mol. The molecule has 146 valence electrons. The molecule has 0 amide bonds. The van der Waals surface area contributed by atoms with E-state index in [1.807, 2.05) is 13.1 Å². The van der Waals surface area contributed by atoms with Crippen molar-refractivity contribution >= 4 is 15.7 Å². The van der Waals surface area contributed by atoms with Gasteiger partial charge in [0.25, 0.3) is 15.9 Å². The van der Waals surface area contributed by atoms with Crippen LogP contribution in [-0.2, 0) is 10.0 Å². The molecule has 4 rings (SSSR count). The smallest absolute Gasteiger partial charge is 0.261 e. The highest BCUT2D eigenvalue weighted by molar-refractivity contribution is 7.92. The minimum absolute atomic E-state index is 0.0565. The van der Waals surface area contributed by atoms with Crippen LogP contribution in [0, 0.1) is 0 Å². The molecule has 0 bridgehead atoms. The fourth-order valence-corrected chi connectivity index (χ4v) is 4.14. The molecule has 0 saturated carbocycles. The quantitative estimate of drug-likeness (QED) is 0.678. The van der Waals surface area contributed by atoms with Crippen molar-refractivity contribution in [1.29, 1.82) is 0 Å². The summed E-state index contributed by atoms with van der Waals surface area (Å²) < 4.78 is 33.0. The van der Waals surface area contributed by atoms with E-state index in [0.717, 1.165) is 19.6 Å². The third-order valence-corrected chi connectivity index (χ3v) is 6.09. The monoisotopic (exact) mass is 399 g/mol. The van der Waals surface area contributed by atoms with Gasteiger partial charge < -0.3 is 9.84 Å². The predicted molar refractivity (Wildman–Crippen MR) is 105 cm³/mol. The number of sulfonamides is 1. The Morgan fingerprint density at radius 1 is 1.14 bits per heavy atom. The lowest BCUT2D eigenvalue weighted by molar-refractivity contribution is 0.190. The van der Waals surface area contributed by atoms with E-state index in [1.54, 1.807) is 36.4 Å². The molecule has 1 unspecified atom stereocenters. The first kappa shape index (κ1) is 18.6. The Morgan fingerprint density at radius 2 is 1.89 bits per heavy atom. The van der Waals surface area contributed by atoms with Crippen molar-refractivity contribution in [3.05, 3.63) is 60.4 Å². The van der Waals surface area contributed by atoms with Gasteiger partial charge in [0.15, 0.2) is 5.82 Å². The maximum absolute atomic E-state index is 12.5.